The average Bonchev–Trinajstić information content (AvgIpc) is 2.23. The molecule has 0 unspecified atom stereocenters. The van der Waals surface area contributed by atoms with E-state index < -0.39 is 0 Å². The van der Waals surface area contributed by atoms with Gasteiger partial charge in [-0.15, -0.1) is 0 Å². The molecule has 0 radical (unpaired) electrons. The number of anilines is 1. The van der Waals surface area contributed by atoms with Crippen LogP contribution in [-0.2, 0) is 5.75 Å². The predicted molar refractivity (Wildman–Crippen MR) is 70.3 cm³/mol. The normalized spacial score (nSPS) is 10.3. The summed E-state index contributed by atoms with van der Waals surface area (Å²) in [7, 11) is 0. The molecule has 0 saturated carbocycles. The molecule has 0 spiro atoms. The van der Waals surface area contributed by atoms with Crippen LogP contribution in [-0.4, -0.2) is 22.3 Å². The smallest absolute Gasteiger partial charge is 0.144 e. The first kappa shape index (κ1) is 12.8. The monoisotopic (exact) mass is 289 g/mol. The third kappa shape index (κ3) is 4.38. The van der Waals surface area contributed by atoms with Crippen LogP contribution in [0.2, 0.25) is 0 Å². The van der Waals surface area contributed by atoms with Gasteiger partial charge in [0, 0.05) is 12.7 Å². The van der Waals surface area contributed by atoms with Crippen LogP contribution in [0.1, 0.15) is 26.1 Å². The van der Waals surface area contributed by atoms with E-state index in [0.717, 1.165) is 34.2 Å². The van der Waals surface area contributed by atoms with Gasteiger partial charge in [-0.1, -0.05) is 6.92 Å². The largest absolute Gasteiger partial charge is 0.369 e. The summed E-state index contributed by atoms with van der Waals surface area (Å²) < 4.78 is 0.925. The number of hydrogen-bond donors (Lipinski definition) is 1. The van der Waals surface area contributed by atoms with E-state index in [1.807, 2.05) is 18.0 Å². The van der Waals surface area contributed by atoms with Crippen molar-refractivity contribution in [3.63, 3.8) is 0 Å². The summed E-state index contributed by atoms with van der Waals surface area (Å²) in [4.78, 5) is 8.72. The van der Waals surface area contributed by atoms with E-state index in [1.54, 1.807) is 0 Å². The zero-order chi connectivity index (χ0) is 11.1. The maximum Gasteiger partial charge on any atom is 0.144 e. The van der Waals surface area contributed by atoms with Gasteiger partial charge in [-0.2, -0.15) is 11.8 Å². The molecule has 0 aliphatic carbocycles. The minimum absolute atomic E-state index is 0.872. The number of thioether (sulfide) groups is 1. The third-order valence-electron chi connectivity index (χ3n) is 1.72. The number of aromatic nitrogens is 2. The molecule has 5 heteroatoms. The van der Waals surface area contributed by atoms with Gasteiger partial charge in [0.1, 0.15) is 11.6 Å². The fourth-order valence-corrected chi connectivity index (χ4v) is 2.16. The molecule has 1 heterocycles. The number of hydrogen-bond acceptors (Lipinski definition) is 4. The highest BCUT2D eigenvalue weighted by molar-refractivity contribution is 9.10. The molecule has 0 bridgehead atoms. The second-order valence-corrected chi connectivity index (χ2v) is 5.03. The molecule has 0 amide bonds. The molecule has 0 fully saturated rings. The van der Waals surface area contributed by atoms with Crippen molar-refractivity contribution in [2.24, 2.45) is 0 Å². The van der Waals surface area contributed by atoms with Crippen LogP contribution < -0.4 is 5.32 Å². The summed E-state index contributed by atoms with van der Waals surface area (Å²) in [6, 6.07) is 0. The van der Waals surface area contributed by atoms with E-state index in [2.05, 4.69) is 45.1 Å². The summed E-state index contributed by atoms with van der Waals surface area (Å²) in [6.07, 6.45) is 3.01. The highest BCUT2D eigenvalue weighted by atomic mass is 79.9. The minimum atomic E-state index is 0.872. The van der Waals surface area contributed by atoms with Crippen LogP contribution in [0.5, 0.6) is 0 Å². The third-order valence-corrected chi connectivity index (χ3v) is 3.46. The lowest BCUT2D eigenvalue weighted by atomic mass is 10.5. The first-order valence-corrected chi connectivity index (χ1v) is 7.05. The Balaban J connectivity index is 2.61. The van der Waals surface area contributed by atoms with Crippen LogP contribution in [0.15, 0.2) is 10.7 Å². The van der Waals surface area contributed by atoms with Crippen LogP contribution in [0, 0.1) is 0 Å². The summed E-state index contributed by atoms with van der Waals surface area (Å²) in [5.41, 5.74) is 0. The molecule has 1 rings (SSSR count). The van der Waals surface area contributed by atoms with Gasteiger partial charge < -0.3 is 5.32 Å². The van der Waals surface area contributed by atoms with Gasteiger partial charge >= 0.3 is 0 Å². The van der Waals surface area contributed by atoms with Crippen molar-refractivity contribution in [2.45, 2.75) is 26.0 Å². The summed E-state index contributed by atoms with van der Waals surface area (Å²) in [5, 5.41) is 3.20. The Bertz CT molecular complexity index is 307. The highest BCUT2D eigenvalue weighted by Crippen LogP contribution is 2.20. The Morgan fingerprint density at radius 1 is 1.47 bits per heavy atom. The zero-order valence-electron chi connectivity index (χ0n) is 9.09. The number of nitrogens with zero attached hydrogens (tertiary/aromatic N) is 2. The molecule has 0 atom stereocenters. The maximum atomic E-state index is 4.44. The lowest BCUT2D eigenvalue weighted by Gasteiger charge is -2.06. The first-order valence-electron chi connectivity index (χ1n) is 5.11. The van der Waals surface area contributed by atoms with Gasteiger partial charge in [0.2, 0.25) is 0 Å². The molecule has 0 aliphatic rings. The fourth-order valence-electron chi connectivity index (χ4n) is 1.07. The van der Waals surface area contributed by atoms with Crippen LogP contribution in [0.25, 0.3) is 0 Å². The van der Waals surface area contributed by atoms with E-state index in [9.17, 15) is 0 Å². The van der Waals surface area contributed by atoms with Gasteiger partial charge in [0.25, 0.3) is 0 Å². The van der Waals surface area contributed by atoms with Crippen LogP contribution in [0.3, 0.4) is 0 Å². The zero-order valence-corrected chi connectivity index (χ0v) is 11.5. The minimum Gasteiger partial charge on any atom is -0.369 e. The van der Waals surface area contributed by atoms with E-state index in [-0.39, 0.29) is 0 Å². The summed E-state index contributed by atoms with van der Waals surface area (Å²) in [6.45, 7) is 5.11. The van der Waals surface area contributed by atoms with Crippen molar-refractivity contribution >= 4 is 33.5 Å². The average molecular weight is 290 g/mol. The van der Waals surface area contributed by atoms with Crippen LogP contribution >= 0.6 is 27.7 Å². The quantitative estimate of drug-likeness (QED) is 0.816. The van der Waals surface area contributed by atoms with Crippen molar-refractivity contribution in [2.75, 3.05) is 17.6 Å². The molecule has 84 valence electrons. The molecule has 1 N–H and O–H groups in total. The maximum absolute atomic E-state index is 4.44. The van der Waals surface area contributed by atoms with Crippen molar-refractivity contribution in [1.82, 2.24) is 9.97 Å². The molecule has 1 aromatic rings. The predicted octanol–water partition coefficient (Wildman–Crippen LogP) is 3.31. The topological polar surface area (TPSA) is 37.8 Å². The van der Waals surface area contributed by atoms with E-state index >= 15 is 0 Å². The first-order chi connectivity index (χ1) is 7.27. The van der Waals surface area contributed by atoms with Gasteiger partial charge in [0.05, 0.1) is 10.2 Å². The SMILES string of the molecule is CCCSCc1ncc(Br)c(NCC)n1. The molecule has 15 heavy (non-hydrogen) atoms. The lowest BCUT2D eigenvalue weighted by molar-refractivity contribution is 1.01. The van der Waals surface area contributed by atoms with E-state index in [4.69, 9.17) is 0 Å². The lowest BCUT2D eigenvalue weighted by Crippen LogP contribution is -2.03. The van der Waals surface area contributed by atoms with Crippen molar-refractivity contribution < 1.29 is 0 Å². The molecule has 0 saturated heterocycles. The Labute approximate surface area is 104 Å². The Morgan fingerprint density at radius 2 is 2.27 bits per heavy atom. The standard InChI is InChI=1S/C10H16BrN3S/c1-3-5-15-7-9-13-6-8(11)10(14-9)12-4-2/h6H,3-5,7H2,1-2H3,(H,12,13,14). The van der Waals surface area contributed by atoms with Crippen molar-refractivity contribution in [3.8, 4) is 0 Å². The van der Waals surface area contributed by atoms with Crippen molar-refractivity contribution in [1.29, 1.82) is 0 Å². The second kappa shape index (κ2) is 7.06. The van der Waals surface area contributed by atoms with Gasteiger partial charge in [-0.3, -0.25) is 0 Å². The molecule has 1 aromatic heterocycles. The molecule has 3 nitrogen and oxygen atoms in total. The molecular formula is C10H16BrN3S. The Kier molecular flexibility index (Phi) is 6.02. The van der Waals surface area contributed by atoms with Crippen molar-refractivity contribution in [3.05, 3.63) is 16.5 Å². The fraction of sp³-hybridized carbons (Fsp3) is 0.600. The summed E-state index contributed by atoms with van der Waals surface area (Å²) in [5.74, 6) is 3.84. The van der Waals surface area contributed by atoms with Gasteiger partial charge in [-0.05, 0) is 35.0 Å². The molecule has 0 aromatic carbocycles. The number of rotatable bonds is 6. The number of nitrogens with one attached hydrogen (secondary N) is 1. The number of halogens is 1. The Morgan fingerprint density at radius 3 is 2.93 bits per heavy atom. The molecule has 0 aliphatic heterocycles. The van der Waals surface area contributed by atoms with Gasteiger partial charge in [-0.25, -0.2) is 9.97 Å². The van der Waals surface area contributed by atoms with E-state index in [1.165, 1.54) is 6.42 Å². The second-order valence-electron chi connectivity index (χ2n) is 3.07. The molecular weight excluding hydrogens is 274 g/mol. The van der Waals surface area contributed by atoms with Crippen LogP contribution in [0.4, 0.5) is 5.82 Å². The summed E-state index contributed by atoms with van der Waals surface area (Å²) >= 11 is 5.29. The Hall–Kier alpha value is -0.290. The van der Waals surface area contributed by atoms with Gasteiger partial charge in [0.15, 0.2) is 0 Å². The highest BCUT2D eigenvalue weighted by Gasteiger charge is 2.03. The van der Waals surface area contributed by atoms with E-state index in [0.29, 0.717) is 0 Å².